The first-order chi connectivity index (χ1) is 26.3. The topological polar surface area (TPSA) is 266 Å². The lowest BCUT2D eigenvalue weighted by atomic mass is 10.1. The summed E-state index contributed by atoms with van der Waals surface area (Å²) in [5, 5.41) is 31.3. The van der Waals surface area contributed by atoms with Gasteiger partial charge in [0, 0.05) is 33.3 Å². The molecule has 0 aliphatic heterocycles. The van der Waals surface area contributed by atoms with E-state index in [9.17, 15) is 55.3 Å². The zero-order valence-corrected chi connectivity index (χ0v) is 30.7. The molecule has 0 saturated carbocycles. The average Bonchev–Trinajstić information content (AvgIpc) is 3.14. The van der Waals surface area contributed by atoms with Gasteiger partial charge in [-0.25, -0.2) is 0 Å². The van der Waals surface area contributed by atoms with Gasteiger partial charge in [-0.05, 0) is 96.4 Å². The SMILES string of the molecule is Cc1cc(C(=O)Nc2c(O)ccc3cccc(S(=O)(=O)O)c23)ccc1NC(=O)C(=O)Nc1ccc(C(=O)Nc2c(O)ccc3cccc(S(=O)(=O)O)c23)cc1C. The van der Waals surface area contributed by atoms with Crippen LogP contribution >= 0.6 is 0 Å². The van der Waals surface area contributed by atoms with Crippen molar-refractivity contribution < 1.29 is 55.3 Å². The number of phenols is 2. The van der Waals surface area contributed by atoms with Gasteiger partial charge < -0.3 is 31.5 Å². The molecule has 0 heterocycles. The van der Waals surface area contributed by atoms with Gasteiger partial charge in [0.05, 0.1) is 11.4 Å². The summed E-state index contributed by atoms with van der Waals surface area (Å²) >= 11 is 0. The van der Waals surface area contributed by atoms with E-state index < -0.39 is 65.2 Å². The van der Waals surface area contributed by atoms with Crippen LogP contribution < -0.4 is 21.3 Å². The maximum absolute atomic E-state index is 13.2. The molecule has 286 valence electrons. The Hall–Kier alpha value is -6.86. The predicted molar refractivity (Wildman–Crippen MR) is 206 cm³/mol. The van der Waals surface area contributed by atoms with E-state index in [2.05, 4.69) is 21.3 Å². The first kappa shape index (κ1) is 38.9. The first-order valence-corrected chi connectivity index (χ1v) is 19.1. The van der Waals surface area contributed by atoms with Gasteiger partial charge in [0.1, 0.15) is 21.3 Å². The minimum atomic E-state index is -4.73. The lowest BCUT2D eigenvalue weighted by Crippen LogP contribution is -2.29. The van der Waals surface area contributed by atoms with Gasteiger partial charge in [0.2, 0.25) is 0 Å². The molecule has 0 fully saturated rings. The first-order valence-electron chi connectivity index (χ1n) is 16.2. The molecule has 0 unspecified atom stereocenters. The monoisotopic (exact) mass is 798 g/mol. The van der Waals surface area contributed by atoms with Crippen LogP contribution in [-0.2, 0) is 29.8 Å². The van der Waals surface area contributed by atoms with Crippen molar-refractivity contribution in [3.8, 4) is 11.5 Å². The van der Waals surface area contributed by atoms with E-state index in [-0.39, 0.29) is 44.6 Å². The normalized spacial score (nSPS) is 11.6. The van der Waals surface area contributed by atoms with Gasteiger partial charge >= 0.3 is 11.8 Å². The molecule has 56 heavy (non-hydrogen) atoms. The number of phenolic OH excluding ortho intramolecular Hbond substituents is 2. The maximum atomic E-state index is 13.2. The Balaban J connectivity index is 1.14. The molecule has 0 bridgehead atoms. The molecule has 0 spiro atoms. The molecule has 0 aliphatic rings. The number of aryl methyl sites for hydroxylation is 2. The smallest absolute Gasteiger partial charge is 0.314 e. The zero-order chi connectivity index (χ0) is 40.7. The Bertz CT molecular complexity index is 2700. The number of rotatable bonds is 8. The molecule has 0 radical (unpaired) electrons. The second kappa shape index (κ2) is 14.8. The van der Waals surface area contributed by atoms with E-state index in [0.29, 0.717) is 21.9 Å². The Kier molecular flexibility index (Phi) is 10.2. The van der Waals surface area contributed by atoms with Gasteiger partial charge in [-0.2, -0.15) is 16.8 Å². The summed E-state index contributed by atoms with van der Waals surface area (Å²) < 4.78 is 67.6. The van der Waals surface area contributed by atoms with Crippen molar-refractivity contribution in [2.75, 3.05) is 21.3 Å². The van der Waals surface area contributed by atoms with Gasteiger partial charge in [0.15, 0.2) is 0 Å². The molecule has 0 aromatic heterocycles. The van der Waals surface area contributed by atoms with Crippen molar-refractivity contribution in [2.24, 2.45) is 0 Å². The van der Waals surface area contributed by atoms with E-state index in [1.54, 1.807) is 13.8 Å². The van der Waals surface area contributed by atoms with Crippen molar-refractivity contribution in [2.45, 2.75) is 23.6 Å². The summed E-state index contributed by atoms with van der Waals surface area (Å²) in [5.41, 5.74) is 0.616. The second-order valence-electron chi connectivity index (χ2n) is 12.5. The highest BCUT2D eigenvalue weighted by Crippen LogP contribution is 2.38. The largest absolute Gasteiger partial charge is 0.506 e. The number of amides is 4. The Morgan fingerprint density at radius 1 is 0.500 bits per heavy atom. The number of hydrogen-bond donors (Lipinski definition) is 8. The van der Waals surface area contributed by atoms with Crippen LogP contribution in [0.2, 0.25) is 0 Å². The lowest BCUT2D eigenvalue weighted by Gasteiger charge is -2.15. The molecule has 8 N–H and O–H groups in total. The Morgan fingerprint density at radius 2 is 0.875 bits per heavy atom. The number of benzene rings is 6. The summed E-state index contributed by atoms with van der Waals surface area (Å²) in [4.78, 5) is 51.2. The maximum Gasteiger partial charge on any atom is 0.314 e. The van der Waals surface area contributed by atoms with Gasteiger partial charge in [0.25, 0.3) is 32.1 Å². The van der Waals surface area contributed by atoms with Crippen LogP contribution in [0.5, 0.6) is 11.5 Å². The Labute approximate surface area is 318 Å². The van der Waals surface area contributed by atoms with E-state index in [4.69, 9.17) is 0 Å². The standard InChI is InChI=1S/C38H30N4O12S2/c1-19-17-23(35(45)41-33-27(43)15-11-21-5-3-7-29(31(21)33)55(49,50)51)9-13-25(19)39-37(47)38(48)40-26-14-10-24(18-20(26)2)36(46)42-34-28(44)16-12-22-6-4-8-30(32(22)34)56(52,53)54/h3-18,43-44H,1-2H3,(H,39,47)(H,40,48)(H,41,45)(H,42,46)(H,49,50,51)(H,52,53,54). The number of anilines is 4. The van der Waals surface area contributed by atoms with Gasteiger partial charge in [-0.15, -0.1) is 0 Å². The van der Waals surface area contributed by atoms with E-state index in [0.717, 1.165) is 12.1 Å². The quantitative estimate of drug-likeness (QED) is 0.0532. The fourth-order valence-electron chi connectivity index (χ4n) is 5.97. The van der Waals surface area contributed by atoms with Crippen LogP contribution in [0.1, 0.15) is 31.8 Å². The van der Waals surface area contributed by atoms with Crippen molar-refractivity contribution in [1.29, 1.82) is 0 Å². The second-order valence-corrected chi connectivity index (χ2v) is 15.2. The fourth-order valence-corrected chi connectivity index (χ4v) is 7.43. The molecule has 0 atom stereocenters. The molecule has 6 aromatic carbocycles. The molecule has 6 rings (SSSR count). The van der Waals surface area contributed by atoms with Crippen molar-refractivity contribution in [3.05, 3.63) is 119 Å². The number of carbonyl (C=O) groups excluding carboxylic acids is 4. The summed E-state index contributed by atoms with van der Waals surface area (Å²) in [6, 6.07) is 21.5. The number of aromatic hydroxyl groups is 2. The number of hydrogen-bond acceptors (Lipinski definition) is 10. The molecular weight excluding hydrogens is 769 g/mol. The molecule has 4 amide bonds. The third kappa shape index (κ3) is 7.84. The van der Waals surface area contributed by atoms with Crippen LogP contribution in [0.25, 0.3) is 21.5 Å². The third-order valence-electron chi connectivity index (χ3n) is 8.68. The highest BCUT2D eigenvalue weighted by molar-refractivity contribution is 7.86. The minimum absolute atomic E-state index is 0.0416. The number of carbonyl (C=O) groups is 4. The molecule has 6 aromatic rings. The Morgan fingerprint density at radius 3 is 1.21 bits per heavy atom. The minimum Gasteiger partial charge on any atom is -0.506 e. The fraction of sp³-hybridized carbons (Fsp3) is 0.0526. The zero-order valence-electron chi connectivity index (χ0n) is 29.1. The number of fused-ring (bicyclic) bond motifs is 2. The predicted octanol–water partition coefficient (Wildman–Crippen LogP) is 5.60. The van der Waals surface area contributed by atoms with E-state index in [1.165, 1.54) is 84.9 Å². The average molecular weight is 799 g/mol. The molecule has 16 nitrogen and oxygen atoms in total. The highest BCUT2D eigenvalue weighted by atomic mass is 32.2. The van der Waals surface area contributed by atoms with Gasteiger partial charge in [-0.3, -0.25) is 28.3 Å². The van der Waals surface area contributed by atoms with Crippen LogP contribution in [0.3, 0.4) is 0 Å². The summed E-state index contributed by atoms with van der Waals surface area (Å²) in [7, 11) is -9.46. The highest BCUT2D eigenvalue weighted by Gasteiger charge is 2.23. The summed E-state index contributed by atoms with van der Waals surface area (Å²) in [5.74, 6) is -4.60. The molecular formula is C38H30N4O12S2. The van der Waals surface area contributed by atoms with Crippen LogP contribution in [0, 0.1) is 13.8 Å². The number of nitrogens with one attached hydrogen (secondary N) is 4. The van der Waals surface area contributed by atoms with Crippen LogP contribution in [0.4, 0.5) is 22.7 Å². The van der Waals surface area contributed by atoms with Crippen LogP contribution in [-0.4, -0.2) is 59.8 Å². The molecule has 0 aliphatic carbocycles. The summed E-state index contributed by atoms with van der Waals surface area (Å²) in [6.07, 6.45) is 0. The summed E-state index contributed by atoms with van der Waals surface area (Å²) in [6.45, 7) is 3.09. The lowest BCUT2D eigenvalue weighted by molar-refractivity contribution is -0.133. The van der Waals surface area contributed by atoms with Gasteiger partial charge in [-0.1, -0.05) is 36.4 Å². The van der Waals surface area contributed by atoms with Crippen LogP contribution in [0.15, 0.2) is 107 Å². The van der Waals surface area contributed by atoms with E-state index in [1.807, 2.05) is 0 Å². The van der Waals surface area contributed by atoms with Crippen molar-refractivity contribution >= 4 is 88.2 Å². The van der Waals surface area contributed by atoms with Crippen molar-refractivity contribution in [3.63, 3.8) is 0 Å². The molecule has 0 saturated heterocycles. The van der Waals surface area contributed by atoms with E-state index >= 15 is 0 Å². The molecule has 18 heteroatoms. The van der Waals surface area contributed by atoms with Crippen molar-refractivity contribution in [1.82, 2.24) is 0 Å². The third-order valence-corrected chi connectivity index (χ3v) is 10.5.